The zero-order chi connectivity index (χ0) is 16.9. The highest BCUT2D eigenvalue weighted by Gasteiger charge is 2.03. The summed E-state index contributed by atoms with van der Waals surface area (Å²) in [6.45, 7) is 0.442. The van der Waals surface area contributed by atoms with Crippen LogP contribution in [0.25, 0.3) is 16.8 Å². The normalized spacial score (nSPS) is 11.0. The lowest BCUT2D eigenvalue weighted by Gasteiger charge is -2.08. The second-order valence-electron chi connectivity index (χ2n) is 5.39. The van der Waals surface area contributed by atoms with E-state index in [1.807, 2.05) is 36.4 Å². The summed E-state index contributed by atoms with van der Waals surface area (Å²) >= 11 is 0. The van der Waals surface area contributed by atoms with Crippen LogP contribution in [-0.2, 0) is 11.3 Å². The van der Waals surface area contributed by atoms with Gasteiger partial charge in [0.25, 0.3) is 11.5 Å². The zero-order valence-corrected chi connectivity index (χ0v) is 12.8. The minimum absolute atomic E-state index is 0.201. The predicted molar refractivity (Wildman–Crippen MR) is 92.7 cm³/mol. The van der Waals surface area contributed by atoms with Crippen LogP contribution in [0.4, 0.5) is 0 Å². The van der Waals surface area contributed by atoms with Crippen LogP contribution in [0.5, 0.6) is 0 Å². The molecule has 0 bridgehead atoms. The molecule has 0 radical (unpaired) electrons. The third kappa shape index (κ3) is 3.42. The number of carbonyl (C=O) groups is 1. The Hall–Kier alpha value is -3.18. The molecule has 0 atom stereocenters. The molecule has 3 rings (SSSR count). The van der Waals surface area contributed by atoms with Crippen molar-refractivity contribution in [1.82, 2.24) is 10.0 Å². The number of hydrogen-bond donors (Lipinski definition) is 2. The molecule has 3 aromatic rings. The largest absolute Gasteiger partial charge is 0.311 e. The Morgan fingerprint density at radius 1 is 1.08 bits per heavy atom. The summed E-state index contributed by atoms with van der Waals surface area (Å²) in [7, 11) is 0. The summed E-state index contributed by atoms with van der Waals surface area (Å²) in [5.74, 6) is -0.681. The number of amides is 1. The first-order valence-electron chi connectivity index (χ1n) is 7.46. The Labute approximate surface area is 138 Å². The number of fused-ring (bicyclic) bond motifs is 1. The van der Waals surface area contributed by atoms with Gasteiger partial charge in [-0.05, 0) is 40.6 Å². The predicted octanol–water partition coefficient (Wildman–Crippen LogP) is 2.57. The second kappa shape index (κ2) is 6.93. The maximum Gasteiger partial charge on any atom is 0.267 e. The van der Waals surface area contributed by atoms with E-state index in [9.17, 15) is 9.59 Å². The van der Waals surface area contributed by atoms with Gasteiger partial charge in [0.1, 0.15) is 0 Å². The number of pyridine rings is 1. The fraction of sp³-hybridized carbons (Fsp3) is 0.0526. The summed E-state index contributed by atoms with van der Waals surface area (Å²) in [4.78, 5) is 23.5. The molecule has 5 heteroatoms. The van der Waals surface area contributed by atoms with Crippen LogP contribution in [0.2, 0.25) is 0 Å². The Bertz CT molecular complexity index is 974. The van der Waals surface area contributed by atoms with E-state index in [1.54, 1.807) is 22.9 Å². The molecule has 0 saturated carbocycles. The Morgan fingerprint density at radius 3 is 2.67 bits per heavy atom. The maximum atomic E-state index is 12.5. The molecule has 0 fully saturated rings. The van der Waals surface area contributed by atoms with Crippen LogP contribution in [0.15, 0.2) is 71.7 Å². The van der Waals surface area contributed by atoms with Gasteiger partial charge in [0.2, 0.25) is 0 Å². The summed E-state index contributed by atoms with van der Waals surface area (Å²) in [5, 5.41) is 10.8. The van der Waals surface area contributed by atoms with Crippen molar-refractivity contribution in [1.29, 1.82) is 0 Å². The number of nitrogens with one attached hydrogen (secondary N) is 1. The highest BCUT2D eigenvalue weighted by atomic mass is 16.5. The van der Waals surface area contributed by atoms with Gasteiger partial charge >= 0.3 is 0 Å². The molecule has 1 heterocycles. The molecular weight excluding hydrogens is 304 g/mol. The second-order valence-corrected chi connectivity index (χ2v) is 5.39. The molecule has 5 nitrogen and oxygen atoms in total. The van der Waals surface area contributed by atoms with E-state index in [4.69, 9.17) is 5.21 Å². The number of hydroxylamine groups is 1. The Kier molecular flexibility index (Phi) is 4.54. The van der Waals surface area contributed by atoms with Crippen molar-refractivity contribution in [3.8, 4) is 0 Å². The fourth-order valence-electron chi connectivity index (χ4n) is 2.54. The third-order valence-electron chi connectivity index (χ3n) is 3.74. The third-order valence-corrected chi connectivity index (χ3v) is 3.74. The molecule has 0 aliphatic rings. The first-order chi connectivity index (χ1) is 11.7. The van der Waals surface area contributed by atoms with Gasteiger partial charge in [-0.15, -0.1) is 0 Å². The van der Waals surface area contributed by atoms with Crippen LogP contribution in [0.3, 0.4) is 0 Å². The number of carbonyl (C=O) groups excluding carboxylic acids is 1. The van der Waals surface area contributed by atoms with E-state index in [1.165, 1.54) is 11.6 Å². The Balaban J connectivity index is 1.90. The molecule has 2 N–H and O–H groups in total. The molecule has 1 aromatic heterocycles. The van der Waals surface area contributed by atoms with E-state index < -0.39 is 5.91 Å². The van der Waals surface area contributed by atoms with Gasteiger partial charge in [-0.25, -0.2) is 5.48 Å². The fourth-order valence-corrected chi connectivity index (χ4v) is 2.54. The summed E-state index contributed by atoms with van der Waals surface area (Å²) in [5.41, 5.74) is 2.69. The van der Waals surface area contributed by atoms with Crippen molar-refractivity contribution in [2.24, 2.45) is 0 Å². The summed E-state index contributed by atoms with van der Waals surface area (Å²) < 4.78 is 1.58. The van der Waals surface area contributed by atoms with Crippen LogP contribution in [0, 0.1) is 0 Å². The van der Waals surface area contributed by atoms with Gasteiger partial charge in [-0.2, -0.15) is 0 Å². The van der Waals surface area contributed by atoms with Gasteiger partial charge in [0, 0.05) is 17.8 Å². The highest BCUT2D eigenvalue weighted by Crippen LogP contribution is 2.16. The summed E-state index contributed by atoms with van der Waals surface area (Å²) in [6, 6.07) is 17.5. The average molecular weight is 320 g/mol. The van der Waals surface area contributed by atoms with E-state index in [0.29, 0.717) is 12.1 Å². The SMILES string of the molecule is O=C(/C=C/c1cccn(Cc2ccc3ccccc3c2)c1=O)NO. The van der Waals surface area contributed by atoms with Crippen LogP contribution >= 0.6 is 0 Å². The quantitative estimate of drug-likeness (QED) is 0.441. The lowest BCUT2D eigenvalue weighted by atomic mass is 10.1. The van der Waals surface area contributed by atoms with Crippen molar-refractivity contribution < 1.29 is 10.0 Å². The lowest BCUT2D eigenvalue weighted by molar-refractivity contribution is -0.124. The molecule has 24 heavy (non-hydrogen) atoms. The Morgan fingerprint density at radius 2 is 1.88 bits per heavy atom. The van der Waals surface area contributed by atoms with Gasteiger partial charge in [-0.1, -0.05) is 36.4 Å². The topological polar surface area (TPSA) is 71.3 Å². The van der Waals surface area contributed by atoms with E-state index in [-0.39, 0.29) is 5.56 Å². The minimum Gasteiger partial charge on any atom is -0.311 e. The van der Waals surface area contributed by atoms with Crippen molar-refractivity contribution in [2.45, 2.75) is 6.54 Å². The molecule has 2 aromatic carbocycles. The number of aromatic nitrogens is 1. The molecule has 0 aliphatic carbocycles. The lowest BCUT2D eigenvalue weighted by Crippen LogP contribution is -2.22. The molecule has 0 saturated heterocycles. The van der Waals surface area contributed by atoms with E-state index in [0.717, 1.165) is 22.4 Å². The molecule has 1 amide bonds. The molecule has 0 spiro atoms. The van der Waals surface area contributed by atoms with Crippen LogP contribution in [-0.4, -0.2) is 15.7 Å². The van der Waals surface area contributed by atoms with Crippen molar-refractivity contribution in [2.75, 3.05) is 0 Å². The highest BCUT2D eigenvalue weighted by molar-refractivity contribution is 5.90. The molecular formula is C19H16N2O3. The smallest absolute Gasteiger partial charge is 0.267 e. The van der Waals surface area contributed by atoms with E-state index in [2.05, 4.69) is 6.07 Å². The van der Waals surface area contributed by atoms with Gasteiger partial charge in [-0.3, -0.25) is 14.8 Å². The van der Waals surface area contributed by atoms with Crippen LogP contribution < -0.4 is 11.0 Å². The number of hydrogen-bond acceptors (Lipinski definition) is 3. The van der Waals surface area contributed by atoms with Crippen LogP contribution in [0.1, 0.15) is 11.1 Å². The van der Waals surface area contributed by atoms with Gasteiger partial charge in [0.05, 0.1) is 6.54 Å². The maximum absolute atomic E-state index is 12.5. The standard InChI is InChI=1S/C19H16N2O3/c22-18(20-24)10-9-16-6-3-11-21(19(16)23)13-14-7-8-15-4-1-2-5-17(15)12-14/h1-12,24H,13H2,(H,20,22)/b10-9+. The number of rotatable bonds is 4. The number of nitrogens with zero attached hydrogens (tertiary/aromatic N) is 1. The van der Waals surface area contributed by atoms with Crippen molar-refractivity contribution in [3.05, 3.63) is 88.4 Å². The molecule has 0 unspecified atom stereocenters. The van der Waals surface area contributed by atoms with Crippen molar-refractivity contribution in [3.63, 3.8) is 0 Å². The minimum atomic E-state index is -0.681. The first-order valence-corrected chi connectivity index (χ1v) is 7.46. The van der Waals surface area contributed by atoms with Gasteiger partial charge < -0.3 is 4.57 Å². The molecule has 120 valence electrons. The van der Waals surface area contributed by atoms with Gasteiger partial charge in [0.15, 0.2) is 0 Å². The average Bonchev–Trinajstić information content (AvgIpc) is 2.62. The van der Waals surface area contributed by atoms with E-state index >= 15 is 0 Å². The summed E-state index contributed by atoms with van der Waals surface area (Å²) in [6.07, 6.45) is 4.20. The molecule has 0 aliphatic heterocycles. The number of benzene rings is 2. The monoisotopic (exact) mass is 320 g/mol. The van der Waals surface area contributed by atoms with Crippen molar-refractivity contribution >= 4 is 22.8 Å². The first kappa shape index (κ1) is 15.7. The zero-order valence-electron chi connectivity index (χ0n) is 12.8.